The Kier molecular flexibility index (Phi) is 7.55. The first-order valence-corrected chi connectivity index (χ1v) is 3.66. The van der Waals surface area contributed by atoms with Crippen molar-refractivity contribution in [2.75, 3.05) is 14.1 Å². The van der Waals surface area contributed by atoms with Crippen LogP contribution in [-0.2, 0) is 9.59 Å². The van der Waals surface area contributed by atoms with E-state index in [1.165, 1.54) is 0 Å². The van der Waals surface area contributed by atoms with Gasteiger partial charge in [-0.3, -0.25) is 9.59 Å². The van der Waals surface area contributed by atoms with Gasteiger partial charge in [-0.1, -0.05) is 0 Å². The first kappa shape index (κ1) is 14.7. The molecule has 4 N–H and O–H groups in total. The molecule has 0 aliphatic rings. The minimum absolute atomic E-state index is 0. The zero-order valence-electron chi connectivity index (χ0n) is 7.82. The summed E-state index contributed by atoms with van der Waals surface area (Å²) in [6, 6.07) is -0.181. The van der Waals surface area contributed by atoms with E-state index in [1.807, 2.05) is 0 Å². The summed E-state index contributed by atoms with van der Waals surface area (Å²) in [6.07, 6.45) is 0.325. The molecule has 5 nitrogen and oxygen atoms in total. The minimum atomic E-state index is -0.421. The summed E-state index contributed by atoms with van der Waals surface area (Å²) in [5.41, 5.74) is 9.98. The van der Waals surface area contributed by atoms with E-state index in [2.05, 4.69) is 0 Å². The van der Waals surface area contributed by atoms with Crippen molar-refractivity contribution in [3.8, 4) is 0 Å². The number of nitrogens with zero attached hydrogens (tertiary/aromatic N) is 1. The van der Waals surface area contributed by atoms with Crippen LogP contribution >= 0.6 is 12.4 Å². The predicted octanol–water partition coefficient (Wildman–Crippen LogP) is -0.911. The number of hydrogen-bond donors (Lipinski definition) is 2. The molecule has 78 valence electrons. The number of primary amides is 2. The fourth-order valence-electron chi connectivity index (χ4n) is 0.902. The van der Waals surface area contributed by atoms with Crippen molar-refractivity contribution < 1.29 is 9.59 Å². The summed E-state index contributed by atoms with van der Waals surface area (Å²) in [5.74, 6) is -0.843. The average Bonchev–Trinajstić information content (AvgIpc) is 1.83. The van der Waals surface area contributed by atoms with E-state index in [1.54, 1.807) is 19.0 Å². The number of amides is 2. The monoisotopic (exact) mass is 209 g/mol. The zero-order valence-corrected chi connectivity index (χ0v) is 8.63. The van der Waals surface area contributed by atoms with Gasteiger partial charge in [0.25, 0.3) is 0 Å². The van der Waals surface area contributed by atoms with Crippen molar-refractivity contribution in [1.82, 2.24) is 4.90 Å². The molecule has 0 aromatic carbocycles. The molecule has 0 spiro atoms. The standard InChI is InChI=1S/C7H15N3O2.ClH/c1-10(2)5(3-6(8)11)4-7(9)12;/h5H,3-4H2,1-2H3,(H2,8,11)(H2,9,12);1H. The molecule has 6 heteroatoms. The molecule has 2 amide bonds. The van der Waals surface area contributed by atoms with Gasteiger partial charge in [0, 0.05) is 18.9 Å². The molecule has 0 aliphatic heterocycles. The molecule has 0 aromatic heterocycles. The maximum Gasteiger partial charge on any atom is 0.219 e. The normalized spacial score (nSPS) is 9.85. The molecular formula is C7H16ClN3O2. The van der Waals surface area contributed by atoms with Crippen LogP contribution in [0.2, 0.25) is 0 Å². The van der Waals surface area contributed by atoms with Crippen molar-refractivity contribution in [1.29, 1.82) is 0 Å². The third-order valence-electron chi connectivity index (χ3n) is 1.60. The first-order valence-electron chi connectivity index (χ1n) is 3.66. The molecule has 0 rings (SSSR count). The minimum Gasteiger partial charge on any atom is -0.370 e. The van der Waals surface area contributed by atoms with E-state index in [0.717, 1.165) is 0 Å². The summed E-state index contributed by atoms with van der Waals surface area (Å²) >= 11 is 0. The van der Waals surface area contributed by atoms with Crippen LogP contribution in [0.5, 0.6) is 0 Å². The van der Waals surface area contributed by atoms with Crippen LogP contribution in [0.25, 0.3) is 0 Å². The second kappa shape index (κ2) is 6.68. The Bertz CT molecular complexity index is 169. The molecule has 0 radical (unpaired) electrons. The fourth-order valence-corrected chi connectivity index (χ4v) is 0.902. The third kappa shape index (κ3) is 7.55. The van der Waals surface area contributed by atoms with Gasteiger partial charge < -0.3 is 16.4 Å². The lowest BCUT2D eigenvalue weighted by Crippen LogP contribution is -2.36. The van der Waals surface area contributed by atoms with Gasteiger partial charge in [-0.25, -0.2) is 0 Å². The van der Waals surface area contributed by atoms with Crippen LogP contribution in [0.15, 0.2) is 0 Å². The summed E-state index contributed by atoms with van der Waals surface area (Å²) in [5, 5.41) is 0. The van der Waals surface area contributed by atoms with Gasteiger partial charge in [0.1, 0.15) is 0 Å². The van der Waals surface area contributed by atoms with Crippen molar-refractivity contribution in [3.63, 3.8) is 0 Å². The number of carbonyl (C=O) groups is 2. The SMILES string of the molecule is CN(C)C(CC(N)=O)CC(N)=O.Cl. The molecule has 0 aromatic rings. The van der Waals surface area contributed by atoms with Crippen molar-refractivity contribution >= 4 is 24.2 Å². The molecule has 0 atom stereocenters. The summed E-state index contributed by atoms with van der Waals surface area (Å²) in [7, 11) is 3.55. The van der Waals surface area contributed by atoms with Crippen LogP contribution in [0.1, 0.15) is 12.8 Å². The lowest BCUT2D eigenvalue weighted by molar-refractivity contribution is -0.121. The predicted molar refractivity (Wildman–Crippen MR) is 52.3 cm³/mol. The largest absolute Gasteiger partial charge is 0.370 e. The number of hydrogen-bond acceptors (Lipinski definition) is 3. The highest BCUT2D eigenvalue weighted by molar-refractivity contribution is 5.85. The van der Waals surface area contributed by atoms with E-state index in [-0.39, 0.29) is 31.3 Å². The van der Waals surface area contributed by atoms with Crippen molar-refractivity contribution in [2.45, 2.75) is 18.9 Å². The van der Waals surface area contributed by atoms with E-state index < -0.39 is 11.8 Å². The van der Waals surface area contributed by atoms with E-state index >= 15 is 0 Å². The number of nitrogens with two attached hydrogens (primary N) is 2. The Balaban J connectivity index is 0. The maximum absolute atomic E-state index is 10.5. The second-order valence-corrected chi connectivity index (χ2v) is 2.96. The molecule has 0 fully saturated rings. The second-order valence-electron chi connectivity index (χ2n) is 2.96. The van der Waals surface area contributed by atoms with Crippen LogP contribution < -0.4 is 11.5 Å². The molecule has 0 saturated carbocycles. The van der Waals surface area contributed by atoms with E-state index in [4.69, 9.17) is 11.5 Å². The molecule has 0 bridgehead atoms. The molecule has 0 aliphatic carbocycles. The van der Waals surface area contributed by atoms with Crippen molar-refractivity contribution in [2.24, 2.45) is 11.5 Å². The quantitative estimate of drug-likeness (QED) is 0.614. The zero-order chi connectivity index (χ0) is 9.72. The van der Waals surface area contributed by atoms with Gasteiger partial charge in [-0.2, -0.15) is 0 Å². The molecular weight excluding hydrogens is 194 g/mol. The Labute approximate surface area is 83.8 Å². The van der Waals surface area contributed by atoms with Gasteiger partial charge in [0.05, 0.1) is 0 Å². The highest BCUT2D eigenvalue weighted by Crippen LogP contribution is 2.03. The highest BCUT2D eigenvalue weighted by atomic mass is 35.5. The molecule has 0 heterocycles. The topological polar surface area (TPSA) is 89.4 Å². The Hall–Kier alpha value is -0.810. The van der Waals surface area contributed by atoms with Gasteiger partial charge >= 0.3 is 0 Å². The Morgan fingerprint density at radius 3 is 1.62 bits per heavy atom. The Morgan fingerprint density at radius 1 is 1.15 bits per heavy atom. The summed E-state index contributed by atoms with van der Waals surface area (Å²) in [4.78, 5) is 22.8. The third-order valence-corrected chi connectivity index (χ3v) is 1.60. The van der Waals surface area contributed by atoms with Crippen LogP contribution in [-0.4, -0.2) is 36.9 Å². The first-order chi connectivity index (χ1) is 5.43. The van der Waals surface area contributed by atoms with Crippen LogP contribution in [0.3, 0.4) is 0 Å². The number of rotatable bonds is 5. The maximum atomic E-state index is 10.5. The molecule has 0 saturated heterocycles. The summed E-state index contributed by atoms with van der Waals surface area (Å²) in [6.45, 7) is 0. The summed E-state index contributed by atoms with van der Waals surface area (Å²) < 4.78 is 0. The number of halogens is 1. The van der Waals surface area contributed by atoms with Gasteiger partial charge in [0.15, 0.2) is 0 Å². The lowest BCUT2D eigenvalue weighted by Gasteiger charge is -2.21. The van der Waals surface area contributed by atoms with Gasteiger partial charge in [-0.05, 0) is 14.1 Å². The smallest absolute Gasteiger partial charge is 0.219 e. The van der Waals surface area contributed by atoms with Crippen LogP contribution in [0.4, 0.5) is 0 Å². The van der Waals surface area contributed by atoms with Crippen molar-refractivity contribution in [3.05, 3.63) is 0 Å². The van der Waals surface area contributed by atoms with E-state index in [9.17, 15) is 9.59 Å². The van der Waals surface area contributed by atoms with Gasteiger partial charge in [0.2, 0.25) is 11.8 Å². The Morgan fingerprint density at radius 2 is 1.46 bits per heavy atom. The molecule has 13 heavy (non-hydrogen) atoms. The average molecular weight is 210 g/mol. The van der Waals surface area contributed by atoms with Gasteiger partial charge in [-0.15, -0.1) is 12.4 Å². The number of carbonyl (C=O) groups excluding carboxylic acids is 2. The highest BCUT2D eigenvalue weighted by Gasteiger charge is 2.16. The fraction of sp³-hybridized carbons (Fsp3) is 0.714. The molecule has 0 unspecified atom stereocenters. The lowest BCUT2D eigenvalue weighted by atomic mass is 10.1. The van der Waals surface area contributed by atoms with E-state index in [0.29, 0.717) is 0 Å². The van der Waals surface area contributed by atoms with Crippen LogP contribution in [0, 0.1) is 0 Å².